The SMILES string of the molecule is N[C@@H](CO)c1nn[nH]n1. The Labute approximate surface area is 51.1 Å². The number of hydrogen-bond acceptors (Lipinski definition) is 5. The zero-order chi connectivity index (χ0) is 6.69. The van der Waals surface area contributed by atoms with Crippen molar-refractivity contribution in [1.29, 1.82) is 0 Å². The second-order valence-corrected chi connectivity index (χ2v) is 1.56. The van der Waals surface area contributed by atoms with Gasteiger partial charge in [-0.15, -0.1) is 10.2 Å². The topological polar surface area (TPSA) is 101 Å². The highest BCUT2D eigenvalue weighted by Crippen LogP contribution is 1.96. The van der Waals surface area contributed by atoms with E-state index in [-0.39, 0.29) is 6.61 Å². The largest absolute Gasteiger partial charge is 0.394 e. The lowest BCUT2D eigenvalue weighted by molar-refractivity contribution is 0.263. The first-order valence-corrected chi connectivity index (χ1v) is 2.44. The van der Waals surface area contributed by atoms with Gasteiger partial charge < -0.3 is 10.8 Å². The lowest BCUT2D eigenvalue weighted by Crippen LogP contribution is -2.16. The summed E-state index contributed by atoms with van der Waals surface area (Å²) in [5.41, 5.74) is 5.30. The fourth-order valence-electron chi connectivity index (χ4n) is 0.408. The maximum absolute atomic E-state index is 8.46. The quantitative estimate of drug-likeness (QED) is 0.437. The zero-order valence-corrected chi connectivity index (χ0v) is 4.65. The van der Waals surface area contributed by atoms with Gasteiger partial charge in [-0.1, -0.05) is 5.21 Å². The zero-order valence-electron chi connectivity index (χ0n) is 4.65. The number of hydrogen-bond donors (Lipinski definition) is 3. The second kappa shape index (κ2) is 2.51. The van der Waals surface area contributed by atoms with Gasteiger partial charge in [0.15, 0.2) is 5.82 Å². The molecule has 0 radical (unpaired) electrons. The fraction of sp³-hybridized carbons (Fsp3) is 0.667. The number of aliphatic hydroxyl groups excluding tert-OH is 1. The number of aromatic amines is 1. The van der Waals surface area contributed by atoms with Crippen molar-refractivity contribution in [1.82, 2.24) is 20.6 Å². The Morgan fingerprint density at radius 1 is 1.78 bits per heavy atom. The molecule has 0 amide bonds. The van der Waals surface area contributed by atoms with E-state index in [0.717, 1.165) is 0 Å². The predicted octanol–water partition coefficient (Wildman–Crippen LogP) is -1.81. The fourth-order valence-corrected chi connectivity index (χ4v) is 0.408. The van der Waals surface area contributed by atoms with E-state index in [9.17, 15) is 0 Å². The monoisotopic (exact) mass is 129 g/mol. The van der Waals surface area contributed by atoms with E-state index < -0.39 is 6.04 Å². The maximum atomic E-state index is 8.46. The smallest absolute Gasteiger partial charge is 0.193 e. The summed E-state index contributed by atoms with van der Waals surface area (Å²) >= 11 is 0. The van der Waals surface area contributed by atoms with Crippen LogP contribution in [0.5, 0.6) is 0 Å². The molecule has 4 N–H and O–H groups in total. The lowest BCUT2D eigenvalue weighted by Gasteiger charge is -1.97. The molecule has 0 aliphatic carbocycles. The summed E-state index contributed by atoms with van der Waals surface area (Å²) in [4.78, 5) is 0. The lowest BCUT2D eigenvalue weighted by atomic mass is 10.3. The number of tetrazole rings is 1. The molecule has 0 fully saturated rings. The Bertz CT molecular complexity index is 161. The average Bonchev–Trinajstić information content (AvgIpc) is 2.37. The molecule has 6 heteroatoms. The molecule has 9 heavy (non-hydrogen) atoms. The number of nitrogens with two attached hydrogens (primary N) is 1. The molecule has 0 bridgehead atoms. The van der Waals surface area contributed by atoms with Crippen LogP contribution in [0.3, 0.4) is 0 Å². The minimum absolute atomic E-state index is 0.167. The van der Waals surface area contributed by atoms with Crippen molar-refractivity contribution in [3.05, 3.63) is 5.82 Å². The molecule has 0 aromatic carbocycles. The number of nitrogens with one attached hydrogen (secondary N) is 1. The summed E-state index contributed by atoms with van der Waals surface area (Å²) in [7, 11) is 0. The van der Waals surface area contributed by atoms with Crippen LogP contribution in [0.25, 0.3) is 0 Å². The van der Waals surface area contributed by atoms with Crippen molar-refractivity contribution < 1.29 is 5.11 Å². The van der Waals surface area contributed by atoms with Gasteiger partial charge in [-0.05, 0) is 0 Å². The van der Waals surface area contributed by atoms with Crippen LogP contribution < -0.4 is 5.73 Å². The molecule has 0 saturated carbocycles. The molecule has 1 aromatic heterocycles. The average molecular weight is 129 g/mol. The van der Waals surface area contributed by atoms with Gasteiger partial charge >= 0.3 is 0 Å². The standard InChI is InChI=1S/C3H7N5O/c4-2(1-9)3-5-7-8-6-3/h2,9H,1,4H2,(H,5,6,7,8)/t2-/m0/s1. The van der Waals surface area contributed by atoms with Crippen molar-refractivity contribution in [3.63, 3.8) is 0 Å². The summed E-state index contributed by atoms with van der Waals surface area (Å²) < 4.78 is 0. The Balaban J connectivity index is 2.65. The van der Waals surface area contributed by atoms with Crippen molar-refractivity contribution in [2.24, 2.45) is 5.73 Å². The Morgan fingerprint density at radius 2 is 2.56 bits per heavy atom. The number of nitrogens with zero attached hydrogens (tertiary/aromatic N) is 3. The minimum atomic E-state index is -0.524. The van der Waals surface area contributed by atoms with Crippen molar-refractivity contribution >= 4 is 0 Å². The summed E-state index contributed by atoms with van der Waals surface area (Å²) in [6.45, 7) is -0.167. The van der Waals surface area contributed by atoms with Crippen LogP contribution in [0, 0.1) is 0 Å². The van der Waals surface area contributed by atoms with Crippen LogP contribution in [-0.4, -0.2) is 32.3 Å². The van der Waals surface area contributed by atoms with Crippen LogP contribution in [0.15, 0.2) is 0 Å². The van der Waals surface area contributed by atoms with Crippen molar-refractivity contribution in [3.8, 4) is 0 Å². The van der Waals surface area contributed by atoms with Gasteiger partial charge in [0, 0.05) is 0 Å². The molecular weight excluding hydrogens is 122 g/mol. The molecular formula is C3H7N5O. The van der Waals surface area contributed by atoms with Crippen molar-refractivity contribution in [2.75, 3.05) is 6.61 Å². The Kier molecular flexibility index (Phi) is 1.71. The van der Waals surface area contributed by atoms with Crippen LogP contribution in [0.2, 0.25) is 0 Å². The first kappa shape index (κ1) is 6.12. The van der Waals surface area contributed by atoms with Gasteiger partial charge in [0.05, 0.1) is 12.6 Å². The second-order valence-electron chi connectivity index (χ2n) is 1.56. The number of H-pyrrole nitrogens is 1. The van der Waals surface area contributed by atoms with Gasteiger partial charge in [0.2, 0.25) is 0 Å². The number of rotatable bonds is 2. The normalized spacial score (nSPS) is 13.6. The molecule has 0 unspecified atom stereocenters. The number of aliphatic hydroxyl groups is 1. The highest BCUT2D eigenvalue weighted by atomic mass is 16.3. The third-order valence-corrected chi connectivity index (χ3v) is 0.890. The van der Waals surface area contributed by atoms with Crippen molar-refractivity contribution in [2.45, 2.75) is 6.04 Å². The van der Waals surface area contributed by atoms with E-state index in [2.05, 4.69) is 20.6 Å². The van der Waals surface area contributed by atoms with E-state index in [1.165, 1.54) is 0 Å². The predicted molar refractivity (Wildman–Crippen MR) is 28.2 cm³/mol. The third kappa shape index (κ3) is 1.21. The molecule has 0 saturated heterocycles. The van der Waals surface area contributed by atoms with E-state index in [1.54, 1.807) is 0 Å². The Hall–Kier alpha value is -1.01. The van der Waals surface area contributed by atoms with Crippen LogP contribution >= 0.6 is 0 Å². The minimum Gasteiger partial charge on any atom is -0.394 e. The molecule has 1 rings (SSSR count). The Morgan fingerprint density at radius 3 is 3.00 bits per heavy atom. The molecule has 0 aliphatic rings. The van der Waals surface area contributed by atoms with Crippen LogP contribution in [-0.2, 0) is 0 Å². The highest BCUT2D eigenvalue weighted by Gasteiger charge is 2.07. The van der Waals surface area contributed by atoms with Gasteiger partial charge in [-0.2, -0.15) is 5.21 Å². The van der Waals surface area contributed by atoms with E-state index in [0.29, 0.717) is 5.82 Å². The molecule has 1 heterocycles. The van der Waals surface area contributed by atoms with Crippen LogP contribution in [0.1, 0.15) is 11.9 Å². The first-order chi connectivity index (χ1) is 4.34. The van der Waals surface area contributed by atoms with Gasteiger partial charge in [-0.25, -0.2) is 0 Å². The third-order valence-electron chi connectivity index (χ3n) is 0.890. The highest BCUT2D eigenvalue weighted by molar-refractivity contribution is 4.85. The molecule has 1 aromatic rings. The molecule has 0 spiro atoms. The molecule has 0 aliphatic heterocycles. The molecule has 50 valence electrons. The first-order valence-electron chi connectivity index (χ1n) is 2.44. The van der Waals surface area contributed by atoms with Gasteiger partial charge in [0.25, 0.3) is 0 Å². The van der Waals surface area contributed by atoms with E-state index >= 15 is 0 Å². The number of aromatic nitrogens is 4. The van der Waals surface area contributed by atoms with Gasteiger partial charge in [0.1, 0.15) is 0 Å². The summed E-state index contributed by atoms with van der Waals surface area (Å²) in [5, 5.41) is 21.1. The summed E-state index contributed by atoms with van der Waals surface area (Å²) in [6.07, 6.45) is 0. The molecule has 1 atom stereocenters. The van der Waals surface area contributed by atoms with E-state index in [1.807, 2.05) is 0 Å². The van der Waals surface area contributed by atoms with Gasteiger partial charge in [-0.3, -0.25) is 0 Å². The van der Waals surface area contributed by atoms with Crippen LogP contribution in [0.4, 0.5) is 0 Å². The molecule has 6 nitrogen and oxygen atoms in total. The van der Waals surface area contributed by atoms with E-state index in [4.69, 9.17) is 10.8 Å². The summed E-state index contributed by atoms with van der Waals surface area (Å²) in [5.74, 6) is 0.331. The summed E-state index contributed by atoms with van der Waals surface area (Å²) in [6, 6.07) is -0.524. The maximum Gasteiger partial charge on any atom is 0.193 e.